The Morgan fingerprint density at radius 3 is 2.95 bits per heavy atom. The van der Waals surface area contributed by atoms with E-state index in [4.69, 9.17) is 9.47 Å². The van der Waals surface area contributed by atoms with Gasteiger partial charge in [-0.25, -0.2) is 0 Å². The fourth-order valence-electron chi connectivity index (χ4n) is 3.25. The molecule has 1 fully saturated rings. The highest BCUT2D eigenvalue weighted by Crippen LogP contribution is 2.38. The van der Waals surface area contributed by atoms with Crippen LogP contribution in [0, 0.1) is 0 Å². The lowest BCUT2D eigenvalue weighted by Gasteiger charge is -2.26. The summed E-state index contributed by atoms with van der Waals surface area (Å²) in [6.45, 7) is 6.01. The van der Waals surface area contributed by atoms with E-state index in [2.05, 4.69) is 30.0 Å². The molecule has 0 radical (unpaired) electrons. The predicted octanol–water partition coefficient (Wildman–Crippen LogP) is 3.74. The number of hydrogen-bond donors (Lipinski definition) is 0. The molecule has 0 bridgehead atoms. The van der Waals surface area contributed by atoms with Gasteiger partial charge >= 0.3 is 0 Å². The van der Waals surface area contributed by atoms with Crippen LogP contribution >= 0.6 is 11.8 Å². The van der Waals surface area contributed by atoms with Crippen molar-refractivity contribution in [2.24, 2.45) is 0 Å². The van der Waals surface area contributed by atoms with Gasteiger partial charge in [-0.3, -0.25) is 4.90 Å². The maximum absolute atomic E-state index is 5.73. The molecule has 0 aliphatic carbocycles. The summed E-state index contributed by atoms with van der Waals surface area (Å²) in [5.74, 6) is 4.33. The third kappa shape index (κ3) is 3.67. The Morgan fingerprint density at radius 1 is 1.24 bits per heavy atom. The minimum Gasteiger partial charge on any atom is -0.486 e. The van der Waals surface area contributed by atoms with Gasteiger partial charge in [-0.2, -0.15) is 11.8 Å². The van der Waals surface area contributed by atoms with Gasteiger partial charge in [-0.1, -0.05) is 13.0 Å². The first-order valence-corrected chi connectivity index (χ1v) is 9.25. The average Bonchev–Trinajstić information content (AvgIpc) is 2.99. The van der Waals surface area contributed by atoms with Crippen molar-refractivity contribution in [1.29, 1.82) is 0 Å². The minimum absolute atomic E-state index is 0.562. The van der Waals surface area contributed by atoms with Crippen LogP contribution in [0.3, 0.4) is 0 Å². The molecule has 4 heteroatoms. The number of ether oxygens (including phenoxy) is 2. The van der Waals surface area contributed by atoms with Gasteiger partial charge in [-0.15, -0.1) is 0 Å². The van der Waals surface area contributed by atoms with Gasteiger partial charge in [0.15, 0.2) is 11.5 Å². The molecular formula is C17H25NO2S. The van der Waals surface area contributed by atoms with E-state index in [0.717, 1.165) is 11.5 Å². The number of benzene rings is 1. The van der Waals surface area contributed by atoms with Crippen molar-refractivity contribution in [3.63, 3.8) is 0 Å². The Labute approximate surface area is 132 Å². The molecule has 0 N–H and O–H groups in total. The van der Waals surface area contributed by atoms with Crippen molar-refractivity contribution in [2.45, 2.75) is 32.2 Å². The van der Waals surface area contributed by atoms with E-state index < -0.39 is 0 Å². The summed E-state index contributed by atoms with van der Waals surface area (Å²) in [7, 11) is 0. The van der Waals surface area contributed by atoms with Gasteiger partial charge in [0.25, 0.3) is 0 Å². The van der Waals surface area contributed by atoms with Crippen LogP contribution in [0.4, 0.5) is 0 Å². The summed E-state index contributed by atoms with van der Waals surface area (Å²) >= 11 is 2.04. The number of nitrogens with zero attached hydrogens (tertiary/aromatic N) is 1. The van der Waals surface area contributed by atoms with Crippen LogP contribution in [0.5, 0.6) is 11.5 Å². The third-order valence-electron chi connectivity index (χ3n) is 4.25. The van der Waals surface area contributed by atoms with E-state index >= 15 is 0 Å². The van der Waals surface area contributed by atoms with Crippen LogP contribution in [0.15, 0.2) is 18.2 Å². The largest absolute Gasteiger partial charge is 0.486 e. The molecular weight excluding hydrogens is 282 g/mol. The quantitative estimate of drug-likeness (QED) is 0.746. The zero-order chi connectivity index (χ0) is 14.5. The highest BCUT2D eigenvalue weighted by Gasteiger charge is 2.26. The molecule has 2 heterocycles. The second kappa shape index (κ2) is 7.41. The van der Waals surface area contributed by atoms with E-state index in [-0.39, 0.29) is 0 Å². The highest BCUT2D eigenvalue weighted by atomic mass is 32.2. The summed E-state index contributed by atoms with van der Waals surface area (Å²) in [4.78, 5) is 2.64. The smallest absolute Gasteiger partial charge is 0.161 e. The lowest BCUT2D eigenvalue weighted by atomic mass is 10.0. The molecule has 1 saturated heterocycles. The fraction of sp³-hybridized carbons (Fsp3) is 0.647. The number of rotatable bonds is 6. The zero-order valence-electron chi connectivity index (χ0n) is 12.8. The standard InChI is InChI=1S/C17H25NO2S/c1-2-21-12-4-9-18-8-3-5-15(18)14-6-7-16-17(13-14)20-11-10-19-16/h6-7,13,15H,2-5,8-12H2,1H3/t15-/m1/s1. The van der Waals surface area contributed by atoms with Crippen molar-refractivity contribution >= 4 is 11.8 Å². The van der Waals surface area contributed by atoms with Crippen molar-refractivity contribution in [3.8, 4) is 11.5 Å². The van der Waals surface area contributed by atoms with E-state index in [9.17, 15) is 0 Å². The molecule has 21 heavy (non-hydrogen) atoms. The first kappa shape index (κ1) is 15.0. The first-order valence-electron chi connectivity index (χ1n) is 8.10. The monoisotopic (exact) mass is 307 g/mol. The van der Waals surface area contributed by atoms with Crippen LogP contribution in [-0.4, -0.2) is 42.7 Å². The fourth-order valence-corrected chi connectivity index (χ4v) is 3.87. The van der Waals surface area contributed by atoms with E-state index in [1.165, 1.54) is 49.4 Å². The molecule has 2 aliphatic heterocycles. The summed E-state index contributed by atoms with van der Waals surface area (Å²) in [5, 5.41) is 0. The molecule has 1 atom stereocenters. The van der Waals surface area contributed by atoms with Gasteiger partial charge in [0, 0.05) is 6.04 Å². The van der Waals surface area contributed by atoms with Gasteiger partial charge in [0.1, 0.15) is 13.2 Å². The second-order valence-electron chi connectivity index (χ2n) is 5.65. The van der Waals surface area contributed by atoms with Crippen molar-refractivity contribution in [2.75, 3.05) is 37.8 Å². The first-order chi connectivity index (χ1) is 10.4. The van der Waals surface area contributed by atoms with Gasteiger partial charge in [-0.05, 0) is 61.6 Å². The number of fused-ring (bicyclic) bond motifs is 1. The lowest BCUT2D eigenvalue weighted by molar-refractivity contribution is 0.170. The molecule has 3 nitrogen and oxygen atoms in total. The van der Waals surface area contributed by atoms with Crippen LogP contribution < -0.4 is 9.47 Å². The summed E-state index contributed by atoms with van der Waals surface area (Å²) < 4.78 is 11.3. The Hall–Kier alpha value is -0.870. The Balaban J connectivity index is 1.64. The Morgan fingerprint density at radius 2 is 2.10 bits per heavy atom. The normalized spacial score (nSPS) is 21.7. The van der Waals surface area contributed by atoms with E-state index in [1.807, 2.05) is 11.8 Å². The molecule has 2 aliphatic rings. The summed E-state index contributed by atoms with van der Waals surface area (Å²) in [6, 6.07) is 7.05. The topological polar surface area (TPSA) is 21.7 Å². The summed E-state index contributed by atoms with van der Waals surface area (Å²) in [6.07, 6.45) is 3.86. The Kier molecular flexibility index (Phi) is 5.31. The highest BCUT2D eigenvalue weighted by molar-refractivity contribution is 7.99. The van der Waals surface area contributed by atoms with Crippen molar-refractivity contribution in [1.82, 2.24) is 4.90 Å². The maximum atomic E-state index is 5.73. The van der Waals surface area contributed by atoms with Crippen LogP contribution in [-0.2, 0) is 0 Å². The Bertz CT molecular complexity index is 466. The molecule has 0 spiro atoms. The van der Waals surface area contributed by atoms with Crippen LogP contribution in [0.2, 0.25) is 0 Å². The zero-order valence-corrected chi connectivity index (χ0v) is 13.7. The summed E-state index contributed by atoms with van der Waals surface area (Å²) in [5.41, 5.74) is 1.39. The van der Waals surface area contributed by atoms with Gasteiger partial charge in [0.05, 0.1) is 0 Å². The molecule has 0 unspecified atom stereocenters. The van der Waals surface area contributed by atoms with Gasteiger partial charge < -0.3 is 9.47 Å². The molecule has 0 amide bonds. The van der Waals surface area contributed by atoms with Crippen molar-refractivity contribution < 1.29 is 9.47 Å². The van der Waals surface area contributed by atoms with Crippen molar-refractivity contribution in [3.05, 3.63) is 23.8 Å². The number of likely N-dealkylation sites (tertiary alicyclic amines) is 1. The minimum atomic E-state index is 0.562. The third-order valence-corrected chi connectivity index (χ3v) is 5.24. The van der Waals surface area contributed by atoms with E-state index in [1.54, 1.807) is 0 Å². The average molecular weight is 307 g/mol. The van der Waals surface area contributed by atoms with E-state index in [0.29, 0.717) is 19.3 Å². The van der Waals surface area contributed by atoms with Crippen LogP contribution in [0.1, 0.15) is 37.8 Å². The SMILES string of the molecule is CCSCCCN1CCC[C@@H]1c1ccc2c(c1)OCCO2. The second-order valence-corrected chi connectivity index (χ2v) is 7.04. The number of hydrogen-bond acceptors (Lipinski definition) is 4. The molecule has 3 rings (SSSR count). The lowest BCUT2D eigenvalue weighted by Crippen LogP contribution is -2.25. The number of thioether (sulfide) groups is 1. The predicted molar refractivity (Wildman–Crippen MR) is 88.6 cm³/mol. The molecule has 0 aromatic heterocycles. The van der Waals surface area contributed by atoms with Crippen LogP contribution in [0.25, 0.3) is 0 Å². The molecule has 1 aromatic carbocycles. The molecule has 1 aromatic rings. The molecule has 0 saturated carbocycles. The maximum Gasteiger partial charge on any atom is 0.161 e. The van der Waals surface area contributed by atoms with Gasteiger partial charge in [0.2, 0.25) is 0 Å². The molecule has 116 valence electrons.